The van der Waals surface area contributed by atoms with Crippen molar-refractivity contribution in [3.8, 4) is 0 Å². The van der Waals surface area contributed by atoms with Crippen molar-refractivity contribution in [1.29, 1.82) is 0 Å². The lowest BCUT2D eigenvalue weighted by atomic mass is 10.9. The van der Waals surface area contributed by atoms with E-state index >= 15 is 0 Å². The molecule has 0 spiro atoms. The van der Waals surface area contributed by atoms with E-state index in [-0.39, 0.29) is 9.75 Å². The van der Waals surface area contributed by atoms with Gasteiger partial charge in [0.05, 0.1) is 9.75 Å². The summed E-state index contributed by atoms with van der Waals surface area (Å²) in [5.41, 5.74) is 0. The van der Waals surface area contributed by atoms with Crippen molar-refractivity contribution >= 4 is 88.3 Å². The van der Waals surface area contributed by atoms with Crippen LogP contribution in [0.4, 0.5) is 0 Å². The standard InChI is InChI=1S/C12H30O6S7Si2/c1-9-17-26(13-5,14-6)11(3)19-21-23-25-24-22-20-12(4)27(15-7,16-8)18-10-2/h11-12H,9-10H2,1-8H3. The smallest absolute Gasteiger partial charge is 0.376 e. The van der Waals surface area contributed by atoms with Crippen LogP contribution in [-0.2, 0) is 26.6 Å². The van der Waals surface area contributed by atoms with E-state index in [1.807, 2.05) is 13.8 Å². The van der Waals surface area contributed by atoms with Crippen molar-refractivity contribution in [1.82, 2.24) is 0 Å². The molecule has 6 nitrogen and oxygen atoms in total. The lowest BCUT2D eigenvalue weighted by Gasteiger charge is -2.30. The van der Waals surface area contributed by atoms with Gasteiger partial charge in [-0.05, 0) is 76.8 Å². The number of hydrogen-bond donors (Lipinski definition) is 0. The van der Waals surface area contributed by atoms with Crippen molar-refractivity contribution < 1.29 is 26.6 Å². The molecule has 0 heterocycles. The molecule has 27 heavy (non-hydrogen) atoms. The summed E-state index contributed by atoms with van der Waals surface area (Å²) in [5.74, 6) is 0. The summed E-state index contributed by atoms with van der Waals surface area (Å²) >= 11 is 0. The van der Waals surface area contributed by atoms with Gasteiger partial charge < -0.3 is 26.6 Å². The van der Waals surface area contributed by atoms with Gasteiger partial charge in [0.1, 0.15) is 0 Å². The molecule has 0 aromatic carbocycles. The average molecular weight is 551 g/mol. The number of hydrogen-bond acceptors (Lipinski definition) is 13. The summed E-state index contributed by atoms with van der Waals surface area (Å²) in [4.78, 5) is 0.303. The second-order valence-electron chi connectivity index (χ2n) is 4.71. The van der Waals surface area contributed by atoms with Gasteiger partial charge in [0, 0.05) is 41.7 Å². The maximum atomic E-state index is 5.78. The highest BCUT2D eigenvalue weighted by molar-refractivity contribution is 9.46. The zero-order chi connectivity index (χ0) is 20.8. The highest BCUT2D eigenvalue weighted by atomic mass is 33.9. The fourth-order valence-electron chi connectivity index (χ4n) is 2.01. The Kier molecular flexibility index (Phi) is 18.9. The summed E-state index contributed by atoms with van der Waals surface area (Å²) in [7, 11) is 13.4. The van der Waals surface area contributed by atoms with Gasteiger partial charge in [-0.1, -0.05) is 21.6 Å². The lowest BCUT2D eigenvalue weighted by Crippen LogP contribution is -2.52. The summed E-state index contributed by atoms with van der Waals surface area (Å²) in [6.07, 6.45) is 0. The highest BCUT2D eigenvalue weighted by Crippen LogP contribution is 2.57. The highest BCUT2D eigenvalue weighted by Gasteiger charge is 2.47. The minimum Gasteiger partial charge on any atom is -0.376 e. The van der Waals surface area contributed by atoms with E-state index in [0.29, 0.717) is 13.2 Å². The predicted octanol–water partition coefficient (Wildman–Crippen LogP) is 6.00. The van der Waals surface area contributed by atoms with Gasteiger partial charge in [-0.15, -0.1) is 0 Å². The Bertz CT molecular complexity index is 337. The molecule has 2 unspecified atom stereocenters. The van der Waals surface area contributed by atoms with Crippen LogP contribution >= 0.6 is 70.7 Å². The molecule has 0 fully saturated rings. The van der Waals surface area contributed by atoms with Crippen molar-refractivity contribution in [3.05, 3.63) is 0 Å². The Balaban J connectivity index is 4.10. The Morgan fingerprint density at radius 2 is 0.889 bits per heavy atom. The summed E-state index contributed by atoms with van der Waals surface area (Å²) in [5, 5.41) is 0. The Morgan fingerprint density at radius 1 is 0.593 bits per heavy atom. The molecule has 2 atom stereocenters. The first kappa shape index (κ1) is 29.6. The Morgan fingerprint density at radius 3 is 1.15 bits per heavy atom. The minimum atomic E-state index is -2.61. The summed E-state index contributed by atoms with van der Waals surface area (Å²) in [6.45, 7) is 9.26. The van der Waals surface area contributed by atoms with Crippen LogP contribution < -0.4 is 0 Å². The minimum absolute atomic E-state index is 0.152. The second-order valence-corrected chi connectivity index (χ2v) is 23.7. The van der Waals surface area contributed by atoms with Gasteiger partial charge in [-0.25, -0.2) is 0 Å². The SMILES string of the molecule is CCO[Si](OC)(OC)C(C)SSSSSSSC(C)[Si](OC)(OC)OCC. The van der Waals surface area contributed by atoms with E-state index in [9.17, 15) is 0 Å². The fraction of sp³-hybridized carbons (Fsp3) is 1.00. The summed E-state index contributed by atoms with van der Waals surface area (Å²) < 4.78 is 33.9. The zero-order valence-electron chi connectivity index (χ0n) is 16.9. The van der Waals surface area contributed by atoms with Crippen LogP contribution in [0, 0.1) is 0 Å². The summed E-state index contributed by atoms with van der Waals surface area (Å²) in [6, 6.07) is 0. The van der Waals surface area contributed by atoms with Crippen molar-refractivity contribution in [2.75, 3.05) is 41.7 Å². The molecule has 0 saturated heterocycles. The average Bonchev–Trinajstić information content (AvgIpc) is 2.69. The molecule has 0 aromatic heterocycles. The maximum absolute atomic E-state index is 5.78. The van der Waals surface area contributed by atoms with Crippen LogP contribution in [0.3, 0.4) is 0 Å². The molecule has 0 N–H and O–H groups in total. The molecule has 0 bridgehead atoms. The van der Waals surface area contributed by atoms with E-state index in [1.165, 1.54) is 0 Å². The monoisotopic (exact) mass is 550 g/mol. The molecule has 0 rings (SSSR count). The third-order valence-electron chi connectivity index (χ3n) is 3.30. The first-order chi connectivity index (χ1) is 12.9. The molecule has 0 aliphatic carbocycles. The van der Waals surface area contributed by atoms with Gasteiger partial charge in [-0.3, -0.25) is 0 Å². The number of rotatable bonds is 18. The van der Waals surface area contributed by atoms with Gasteiger partial charge in [0.2, 0.25) is 0 Å². The Hall–Kier alpha value is 2.64. The first-order valence-electron chi connectivity index (χ1n) is 8.05. The largest absolute Gasteiger partial charge is 0.514 e. The zero-order valence-corrected chi connectivity index (χ0v) is 24.6. The van der Waals surface area contributed by atoms with Crippen LogP contribution in [0.2, 0.25) is 0 Å². The van der Waals surface area contributed by atoms with Crippen molar-refractivity contribution in [2.45, 2.75) is 37.4 Å². The maximum Gasteiger partial charge on any atom is 0.514 e. The topological polar surface area (TPSA) is 55.4 Å². The van der Waals surface area contributed by atoms with E-state index in [0.717, 1.165) is 0 Å². The molecular weight excluding hydrogens is 521 g/mol. The van der Waals surface area contributed by atoms with Gasteiger partial charge in [-0.2, -0.15) is 0 Å². The third-order valence-corrected chi connectivity index (χ3v) is 25.7. The lowest BCUT2D eigenvalue weighted by molar-refractivity contribution is 0.103. The van der Waals surface area contributed by atoms with Gasteiger partial charge in [0.25, 0.3) is 0 Å². The molecule has 0 aromatic rings. The van der Waals surface area contributed by atoms with Crippen LogP contribution in [0.15, 0.2) is 0 Å². The van der Waals surface area contributed by atoms with E-state index in [4.69, 9.17) is 26.6 Å². The van der Waals surface area contributed by atoms with Gasteiger partial charge >= 0.3 is 17.6 Å². The van der Waals surface area contributed by atoms with E-state index < -0.39 is 17.6 Å². The molecule has 0 radical (unpaired) electrons. The van der Waals surface area contributed by atoms with E-state index in [2.05, 4.69) is 13.8 Å². The van der Waals surface area contributed by atoms with Crippen LogP contribution in [0.5, 0.6) is 0 Å². The third kappa shape index (κ3) is 10.2. The molecule has 0 aliphatic rings. The van der Waals surface area contributed by atoms with Crippen LogP contribution in [-0.4, -0.2) is 69.0 Å². The normalized spacial score (nSPS) is 15.1. The molecule has 0 amide bonds. The van der Waals surface area contributed by atoms with E-state index in [1.54, 1.807) is 99.2 Å². The first-order valence-corrected chi connectivity index (χ1v) is 20.6. The van der Waals surface area contributed by atoms with Crippen molar-refractivity contribution in [3.63, 3.8) is 0 Å². The quantitative estimate of drug-likeness (QED) is 0.114. The fourth-order valence-corrected chi connectivity index (χ4v) is 26.0. The molecule has 164 valence electrons. The van der Waals surface area contributed by atoms with Gasteiger partial charge in [0.15, 0.2) is 0 Å². The van der Waals surface area contributed by atoms with Crippen LogP contribution in [0.1, 0.15) is 27.7 Å². The van der Waals surface area contributed by atoms with Crippen LogP contribution in [0.25, 0.3) is 0 Å². The molecular formula is C12H30O6S7Si2. The van der Waals surface area contributed by atoms with Crippen molar-refractivity contribution in [2.24, 2.45) is 0 Å². The second kappa shape index (κ2) is 17.2. The Labute approximate surface area is 192 Å². The predicted molar refractivity (Wildman–Crippen MR) is 135 cm³/mol. The molecule has 15 heteroatoms. The molecule has 0 saturated carbocycles. The molecule has 0 aliphatic heterocycles.